The number of aryl methyl sites for hydroxylation is 1. The van der Waals surface area contributed by atoms with Crippen LogP contribution in [0.1, 0.15) is 24.0 Å². The van der Waals surface area contributed by atoms with E-state index in [2.05, 4.69) is 22.3 Å². The summed E-state index contributed by atoms with van der Waals surface area (Å²) in [6.07, 6.45) is 4.75. The molecule has 0 radical (unpaired) electrons. The van der Waals surface area contributed by atoms with Crippen molar-refractivity contribution in [3.8, 4) is 17.0 Å². The molecular weight excluding hydrogens is 226 g/mol. The van der Waals surface area contributed by atoms with E-state index in [-0.39, 0.29) is 0 Å². The third kappa shape index (κ3) is 1.74. The van der Waals surface area contributed by atoms with Gasteiger partial charge in [0, 0.05) is 11.6 Å². The normalized spacial score (nSPS) is 14.3. The van der Waals surface area contributed by atoms with Crippen molar-refractivity contribution in [1.82, 2.24) is 10.2 Å². The zero-order valence-electron chi connectivity index (χ0n) is 10.5. The number of nitrogens with one attached hydrogen (secondary N) is 1. The van der Waals surface area contributed by atoms with Gasteiger partial charge >= 0.3 is 0 Å². The minimum atomic E-state index is 0.504. The van der Waals surface area contributed by atoms with E-state index in [1.165, 1.54) is 24.0 Å². The summed E-state index contributed by atoms with van der Waals surface area (Å²) in [5.41, 5.74) is 10.4. The zero-order chi connectivity index (χ0) is 12.5. The summed E-state index contributed by atoms with van der Waals surface area (Å²) < 4.78 is 5.62. The van der Waals surface area contributed by atoms with Gasteiger partial charge in [-0.2, -0.15) is 5.10 Å². The second-order valence-electron chi connectivity index (χ2n) is 4.70. The van der Waals surface area contributed by atoms with Crippen molar-refractivity contribution < 1.29 is 4.74 Å². The van der Waals surface area contributed by atoms with Gasteiger partial charge in [0.1, 0.15) is 11.6 Å². The lowest BCUT2D eigenvalue weighted by atomic mass is 9.89. The first-order chi connectivity index (χ1) is 8.79. The Morgan fingerprint density at radius 1 is 1.28 bits per heavy atom. The summed E-state index contributed by atoms with van der Waals surface area (Å²) in [4.78, 5) is 0. The average Bonchev–Trinajstić information content (AvgIpc) is 2.84. The molecule has 0 saturated heterocycles. The standard InChI is InChI=1S/C14H17N3O/c1-18-14-10-5-3-2-4-9(10)6-7-11(14)12-8-13(15)17-16-12/h6-8H,2-5H2,1H3,(H3,15,16,17). The fourth-order valence-electron chi connectivity index (χ4n) is 2.71. The van der Waals surface area contributed by atoms with E-state index in [1.54, 1.807) is 7.11 Å². The zero-order valence-corrected chi connectivity index (χ0v) is 10.5. The van der Waals surface area contributed by atoms with Crippen LogP contribution >= 0.6 is 0 Å². The highest BCUT2D eigenvalue weighted by atomic mass is 16.5. The Labute approximate surface area is 106 Å². The van der Waals surface area contributed by atoms with Crippen LogP contribution in [0.15, 0.2) is 18.2 Å². The van der Waals surface area contributed by atoms with Gasteiger partial charge in [-0.3, -0.25) is 5.10 Å². The van der Waals surface area contributed by atoms with Crippen molar-refractivity contribution in [2.24, 2.45) is 0 Å². The van der Waals surface area contributed by atoms with E-state index < -0.39 is 0 Å². The van der Waals surface area contributed by atoms with Gasteiger partial charge in [-0.25, -0.2) is 0 Å². The largest absolute Gasteiger partial charge is 0.496 e. The van der Waals surface area contributed by atoms with Gasteiger partial charge in [0.15, 0.2) is 0 Å². The predicted molar refractivity (Wildman–Crippen MR) is 71.6 cm³/mol. The monoisotopic (exact) mass is 243 g/mol. The molecule has 3 N–H and O–H groups in total. The van der Waals surface area contributed by atoms with Crippen molar-refractivity contribution in [2.45, 2.75) is 25.7 Å². The molecule has 1 heterocycles. The van der Waals surface area contributed by atoms with Gasteiger partial charge in [0.2, 0.25) is 0 Å². The number of benzene rings is 1. The molecule has 0 amide bonds. The molecule has 2 aromatic rings. The number of rotatable bonds is 2. The number of ether oxygens (including phenoxy) is 1. The van der Waals surface area contributed by atoms with Crippen LogP contribution in [0.5, 0.6) is 5.75 Å². The minimum Gasteiger partial charge on any atom is -0.496 e. The number of nitrogens with two attached hydrogens (primary N) is 1. The molecule has 0 aliphatic heterocycles. The number of anilines is 1. The highest BCUT2D eigenvalue weighted by molar-refractivity contribution is 5.72. The second kappa shape index (κ2) is 4.37. The Bertz CT molecular complexity index is 574. The maximum Gasteiger partial charge on any atom is 0.145 e. The molecule has 18 heavy (non-hydrogen) atoms. The number of hydrogen-bond acceptors (Lipinski definition) is 3. The molecule has 94 valence electrons. The highest BCUT2D eigenvalue weighted by Gasteiger charge is 2.18. The van der Waals surface area contributed by atoms with Crippen LogP contribution in [0.2, 0.25) is 0 Å². The number of fused-ring (bicyclic) bond motifs is 1. The van der Waals surface area contributed by atoms with Gasteiger partial charge in [-0.05, 0) is 42.9 Å². The molecule has 1 aliphatic rings. The number of methoxy groups -OCH3 is 1. The second-order valence-corrected chi connectivity index (χ2v) is 4.70. The maximum absolute atomic E-state index is 5.66. The van der Waals surface area contributed by atoms with E-state index in [0.717, 1.165) is 29.8 Å². The number of nitrogen functional groups attached to an aromatic ring is 1. The first-order valence-electron chi connectivity index (χ1n) is 6.29. The van der Waals surface area contributed by atoms with Gasteiger partial charge in [-0.15, -0.1) is 0 Å². The fraction of sp³-hybridized carbons (Fsp3) is 0.357. The summed E-state index contributed by atoms with van der Waals surface area (Å²) in [7, 11) is 1.73. The Balaban J connectivity index is 2.15. The Kier molecular flexibility index (Phi) is 2.70. The molecule has 1 aliphatic carbocycles. The molecule has 4 nitrogen and oxygen atoms in total. The van der Waals surface area contributed by atoms with Crippen LogP contribution in [-0.2, 0) is 12.8 Å². The molecule has 3 rings (SSSR count). The number of aromatic nitrogens is 2. The molecule has 0 bridgehead atoms. The first-order valence-corrected chi connectivity index (χ1v) is 6.29. The maximum atomic E-state index is 5.66. The molecular formula is C14H17N3O. The van der Waals surface area contributed by atoms with Crippen LogP contribution in [0.4, 0.5) is 5.82 Å². The quantitative estimate of drug-likeness (QED) is 0.852. The summed E-state index contributed by atoms with van der Waals surface area (Å²) in [5, 5.41) is 6.93. The highest BCUT2D eigenvalue weighted by Crippen LogP contribution is 2.37. The predicted octanol–water partition coefficient (Wildman–Crippen LogP) is 2.55. The summed E-state index contributed by atoms with van der Waals surface area (Å²) in [5.74, 6) is 1.47. The SMILES string of the molecule is COc1c(-c2cc(N)n[nH]2)ccc2c1CCCC2. The molecule has 1 aromatic carbocycles. The van der Waals surface area contributed by atoms with Crippen LogP contribution in [-0.4, -0.2) is 17.3 Å². The molecule has 0 fully saturated rings. The van der Waals surface area contributed by atoms with E-state index in [9.17, 15) is 0 Å². The molecule has 0 saturated carbocycles. The van der Waals surface area contributed by atoms with Gasteiger partial charge in [0.05, 0.1) is 12.8 Å². The van der Waals surface area contributed by atoms with Gasteiger partial charge in [-0.1, -0.05) is 6.07 Å². The number of aromatic amines is 1. The molecule has 1 aromatic heterocycles. The van der Waals surface area contributed by atoms with Crippen LogP contribution < -0.4 is 10.5 Å². The third-order valence-electron chi connectivity index (χ3n) is 3.57. The first kappa shape index (κ1) is 11.1. The van der Waals surface area contributed by atoms with E-state index in [4.69, 9.17) is 10.5 Å². The Hall–Kier alpha value is -1.97. The number of hydrogen-bond donors (Lipinski definition) is 2. The van der Waals surface area contributed by atoms with Crippen molar-refractivity contribution >= 4 is 5.82 Å². The Morgan fingerprint density at radius 3 is 2.83 bits per heavy atom. The Morgan fingerprint density at radius 2 is 2.11 bits per heavy atom. The van der Waals surface area contributed by atoms with Gasteiger partial charge in [0.25, 0.3) is 0 Å². The van der Waals surface area contributed by atoms with Gasteiger partial charge < -0.3 is 10.5 Å². The van der Waals surface area contributed by atoms with E-state index in [0.29, 0.717) is 5.82 Å². The minimum absolute atomic E-state index is 0.504. The molecule has 0 unspecified atom stereocenters. The van der Waals surface area contributed by atoms with E-state index in [1.807, 2.05) is 6.07 Å². The molecule has 4 heteroatoms. The van der Waals surface area contributed by atoms with E-state index >= 15 is 0 Å². The van der Waals surface area contributed by atoms with Crippen LogP contribution in [0.3, 0.4) is 0 Å². The fourth-order valence-corrected chi connectivity index (χ4v) is 2.71. The molecule has 0 atom stereocenters. The van der Waals surface area contributed by atoms with Crippen LogP contribution in [0, 0.1) is 0 Å². The molecule has 0 spiro atoms. The van der Waals surface area contributed by atoms with Crippen molar-refractivity contribution in [2.75, 3.05) is 12.8 Å². The van der Waals surface area contributed by atoms with Crippen molar-refractivity contribution in [3.63, 3.8) is 0 Å². The summed E-state index contributed by atoms with van der Waals surface area (Å²) >= 11 is 0. The number of nitrogens with zero attached hydrogens (tertiary/aromatic N) is 1. The lowest BCUT2D eigenvalue weighted by Crippen LogP contribution is -2.06. The summed E-state index contributed by atoms with van der Waals surface area (Å²) in [6.45, 7) is 0. The third-order valence-corrected chi connectivity index (χ3v) is 3.57. The van der Waals surface area contributed by atoms with Crippen LogP contribution in [0.25, 0.3) is 11.3 Å². The lowest BCUT2D eigenvalue weighted by Gasteiger charge is -2.20. The average molecular weight is 243 g/mol. The van der Waals surface area contributed by atoms with Crippen molar-refractivity contribution in [3.05, 3.63) is 29.3 Å². The smallest absolute Gasteiger partial charge is 0.145 e. The summed E-state index contributed by atoms with van der Waals surface area (Å²) in [6, 6.07) is 6.13. The number of H-pyrrole nitrogens is 1. The van der Waals surface area contributed by atoms with Crippen molar-refractivity contribution in [1.29, 1.82) is 0 Å². The lowest BCUT2D eigenvalue weighted by molar-refractivity contribution is 0.407. The topological polar surface area (TPSA) is 63.9 Å².